The molecule has 2 aliphatic rings. The Balaban J connectivity index is 1.37. The van der Waals surface area contributed by atoms with E-state index in [4.69, 9.17) is 9.47 Å². The molecule has 0 bridgehead atoms. The normalized spacial score (nSPS) is 18.3. The number of aromatic hydroxyl groups is 1. The third-order valence-corrected chi connectivity index (χ3v) is 7.77. The first-order valence-corrected chi connectivity index (χ1v) is 12.5. The molecule has 162 valence electrons. The van der Waals surface area contributed by atoms with Gasteiger partial charge in [-0.2, -0.15) is 0 Å². The summed E-state index contributed by atoms with van der Waals surface area (Å²) in [5.41, 5.74) is 3.78. The molecule has 1 fully saturated rings. The second-order valence-corrected chi connectivity index (χ2v) is 10.5. The number of ether oxygens (including phenoxy) is 2. The van der Waals surface area contributed by atoms with E-state index in [-0.39, 0.29) is 0 Å². The second kappa shape index (κ2) is 9.79. The lowest BCUT2D eigenvalue weighted by Crippen LogP contribution is -2.46. The summed E-state index contributed by atoms with van der Waals surface area (Å²) in [6.45, 7) is 5.05. The molecule has 30 heavy (non-hydrogen) atoms. The van der Waals surface area contributed by atoms with Crippen LogP contribution in [0.5, 0.6) is 17.2 Å². The topological polar surface area (TPSA) is 45.2 Å². The Bertz CT molecular complexity index is 914. The molecule has 2 aromatic rings. The first-order chi connectivity index (χ1) is 14.5. The van der Waals surface area contributed by atoms with Crippen LogP contribution in [0.4, 0.5) is 0 Å². The average Bonchev–Trinajstić information content (AvgIpc) is 2.76. The lowest BCUT2D eigenvalue weighted by Gasteiger charge is -2.41. The van der Waals surface area contributed by atoms with E-state index in [2.05, 4.69) is 73.2 Å². The number of hydrogen-bond acceptors (Lipinski definition) is 5. The van der Waals surface area contributed by atoms with Crippen molar-refractivity contribution in [2.75, 3.05) is 33.9 Å². The van der Waals surface area contributed by atoms with Crippen molar-refractivity contribution < 1.29 is 14.6 Å². The average molecular weight is 634 g/mol. The first kappa shape index (κ1) is 22.4. The number of fused-ring (bicyclic) bond motifs is 1. The Morgan fingerprint density at radius 1 is 0.967 bits per heavy atom. The van der Waals surface area contributed by atoms with Crippen LogP contribution < -0.4 is 9.47 Å². The molecular weight excluding hydrogens is 606 g/mol. The molecule has 4 rings (SSSR count). The minimum atomic E-state index is 0.440. The van der Waals surface area contributed by atoms with Gasteiger partial charge in [0.1, 0.15) is 5.75 Å². The Morgan fingerprint density at radius 2 is 1.63 bits per heavy atom. The molecule has 2 aliphatic heterocycles. The van der Waals surface area contributed by atoms with Gasteiger partial charge in [0, 0.05) is 34.8 Å². The fourth-order valence-electron chi connectivity index (χ4n) is 4.64. The van der Waals surface area contributed by atoms with Crippen LogP contribution in [0.2, 0.25) is 0 Å². The van der Waals surface area contributed by atoms with Gasteiger partial charge in [0.2, 0.25) is 0 Å². The highest BCUT2D eigenvalue weighted by atomic mass is 127. The van der Waals surface area contributed by atoms with Crippen LogP contribution in [0.1, 0.15) is 29.5 Å². The summed E-state index contributed by atoms with van der Waals surface area (Å²) in [5, 5.41) is 10.4. The van der Waals surface area contributed by atoms with Crippen LogP contribution in [-0.4, -0.2) is 54.8 Å². The number of piperidine rings is 1. The maximum Gasteiger partial charge on any atom is 0.161 e. The van der Waals surface area contributed by atoms with Crippen LogP contribution in [-0.2, 0) is 19.5 Å². The second-order valence-electron chi connectivity index (χ2n) is 8.10. The predicted molar refractivity (Wildman–Crippen MR) is 135 cm³/mol. The van der Waals surface area contributed by atoms with Gasteiger partial charge in [-0.3, -0.25) is 9.80 Å². The number of benzene rings is 2. The van der Waals surface area contributed by atoms with E-state index in [1.165, 1.54) is 27.5 Å². The third kappa shape index (κ3) is 4.83. The number of hydrogen-bond donors (Lipinski definition) is 1. The van der Waals surface area contributed by atoms with Crippen molar-refractivity contribution >= 4 is 45.2 Å². The van der Waals surface area contributed by atoms with E-state index >= 15 is 0 Å². The Morgan fingerprint density at radius 3 is 2.30 bits per heavy atom. The zero-order valence-electron chi connectivity index (χ0n) is 17.5. The Labute approximate surface area is 206 Å². The molecule has 0 spiro atoms. The van der Waals surface area contributed by atoms with Gasteiger partial charge >= 0.3 is 0 Å². The van der Waals surface area contributed by atoms with E-state index < -0.39 is 0 Å². The number of halogens is 2. The molecule has 5 nitrogen and oxygen atoms in total. The van der Waals surface area contributed by atoms with E-state index in [0.29, 0.717) is 11.8 Å². The van der Waals surface area contributed by atoms with Crippen LogP contribution in [0.3, 0.4) is 0 Å². The molecule has 0 unspecified atom stereocenters. The van der Waals surface area contributed by atoms with E-state index in [1.807, 2.05) is 6.07 Å². The van der Waals surface area contributed by atoms with E-state index in [9.17, 15) is 5.11 Å². The monoisotopic (exact) mass is 634 g/mol. The SMILES string of the molecule is COc1cc2c(cc1OC)CN(C1CCN(Cc3cc(I)cc(I)c3O)CC1)CC2. The summed E-state index contributed by atoms with van der Waals surface area (Å²) < 4.78 is 13.1. The van der Waals surface area contributed by atoms with Crippen LogP contribution in [0, 0.1) is 7.14 Å². The van der Waals surface area contributed by atoms with Gasteiger partial charge in [-0.15, -0.1) is 0 Å². The molecule has 0 atom stereocenters. The number of phenolic OH excluding ortho intramolecular Hbond substituents is 1. The minimum Gasteiger partial charge on any atom is -0.507 e. The van der Waals surface area contributed by atoms with Crippen molar-refractivity contribution in [2.24, 2.45) is 0 Å². The maximum absolute atomic E-state index is 10.4. The Hall–Kier alpha value is -0.780. The standard InChI is InChI=1S/C23H28I2N2O3/c1-29-21-10-15-3-8-27(14-16(15)11-22(21)30-2)19-4-6-26(7-5-19)13-17-9-18(24)12-20(25)23(17)28/h9-12,19,28H,3-8,13-14H2,1-2H3. The molecule has 0 aromatic heterocycles. The zero-order valence-corrected chi connectivity index (χ0v) is 21.8. The van der Waals surface area contributed by atoms with Gasteiger partial charge in [0.15, 0.2) is 11.5 Å². The molecule has 1 saturated heterocycles. The number of likely N-dealkylation sites (tertiary alicyclic amines) is 1. The largest absolute Gasteiger partial charge is 0.507 e. The van der Waals surface area contributed by atoms with Crippen molar-refractivity contribution in [1.29, 1.82) is 0 Å². The molecule has 0 saturated carbocycles. The fraction of sp³-hybridized carbons (Fsp3) is 0.478. The first-order valence-electron chi connectivity index (χ1n) is 10.4. The summed E-state index contributed by atoms with van der Waals surface area (Å²) >= 11 is 4.54. The van der Waals surface area contributed by atoms with Crippen LogP contribution in [0.15, 0.2) is 24.3 Å². The zero-order chi connectivity index (χ0) is 21.3. The van der Waals surface area contributed by atoms with Crippen molar-refractivity contribution in [3.63, 3.8) is 0 Å². The van der Waals surface area contributed by atoms with E-state index in [1.54, 1.807) is 14.2 Å². The highest BCUT2D eigenvalue weighted by Crippen LogP contribution is 2.35. The minimum absolute atomic E-state index is 0.440. The van der Waals surface area contributed by atoms with Gasteiger partial charge in [-0.05, 0) is 113 Å². The smallest absolute Gasteiger partial charge is 0.161 e. The molecular formula is C23H28I2N2O3. The molecule has 7 heteroatoms. The highest BCUT2D eigenvalue weighted by Gasteiger charge is 2.28. The lowest BCUT2D eigenvalue weighted by molar-refractivity contribution is 0.0943. The number of rotatable bonds is 5. The van der Waals surface area contributed by atoms with Gasteiger partial charge in [0.05, 0.1) is 17.8 Å². The van der Waals surface area contributed by atoms with Gasteiger partial charge < -0.3 is 14.6 Å². The molecule has 0 radical (unpaired) electrons. The van der Waals surface area contributed by atoms with E-state index in [0.717, 1.165) is 59.8 Å². The molecule has 1 N–H and O–H groups in total. The molecule has 2 aromatic carbocycles. The quantitative estimate of drug-likeness (QED) is 0.486. The van der Waals surface area contributed by atoms with Crippen molar-refractivity contribution in [3.8, 4) is 17.2 Å². The predicted octanol–water partition coefficient (Wildman–Crippen LogP) is 4.64. The van der Waals surface area contributed by atoms with Crippen molar-refractivity contribution in [1.82, 2.24) is 9.80 Å². The molecule has 0 amide bonds. The van der Waals surface area contributed by atoms with Gasteiger partial charge in [-0.25, -0.2) is 0 Å². The summed E-state index contributed by atoms with van der Waals surface area (Å²) in [6.07, 6.45) is 3.40. The summed E-state index contributed by atoms with van der Waals surface area (Å²) in [5.74, 6) is 2.08. The number of nitrogens with zero attached hydrogens (tertiary/aromatic N) is 2. The summed E-state index contributed by atoms with van der Waals surface area (Å²) in [6, 6.07) is 9.03. The number of methoxy groups -OCH3 is 2. The van der Waals surface area contributed by atoms with Crippen molar-refractivity contribution in [2.45, 2.75) is 38.4 Å². The highest BCUT2D eigenvalue weighted by molar-refractivity contribution is 14.1. The Kier molecular flexibility index (Phi) is 7.31. The maximum atomic E-state index is 10.4. The third-order valence-electron chi connectivity index (χ3n) is 6.32. The van der Waals surface area contributed by atoms with Crippen LogP contribution >= 0.6 is 45.2 Å². The van der Waals surface area contributed by atoms with Crippen molar-refractivity contribution in [3.05, 3.63) is 48.1 Å². The molecule has 2 heterocycles. The van der Waals surface area contributed by atoms with Gasteiger partial charge in [-0.1, -0.05) is 0 Å². The lowest BCUT2D eigenvalue weighted by atomic mass is 9.94. The number of phenols is 1. The summed E-state index contributed by atoms with van der Waals surface area (Å²) in [4.78, 5) is 5.11. The van der Waals surface area contributed by atoms with Gasteiger partial charge in [0.25, 0.3) is 0 Å². The molecule has 0 aliphatic carbocycles. The summed E-state index contributed by atoms with van der Waals surface area (Å²) in [7, 11) is 3.40. The fourth-order valence-corrected chi connectivity index (χ4v) is 6.61. The van der Waals surface area contributed by atoms with Crippen LogP contribution in [0.25, 0.3) is 0 Å².